The van der Waals surface area contributed by atoms with E-state index in [9.17, 15) is 4.79 Å². The summed E-state index contributed by atoms with van der Waals surface area (Å²) in [5.74, 6) is 1.19. The van der Waals surface area contributed by atoms with Crippen LogP contribution < -0.4 is 5.32 Å². The lowest BCUT2D eigenvalue weighted by molar-refractivity contribution is -0.131. The first-order valence-corrected chi connectivity index (χ1v) is 8.75. The molecule has 1 aromatic carbocycles. The van der Waals surface area contributed by atoms with Gasteiger partial charge in [-0.15, -0.1) is 12.4 Å². The Labute approximate surface area is 147 Å². The average Bonchev–Trinajstić information content (AvgIpc) is 3.32. The minimum atomic E-state index is 0. The topological polar surface area (TPSA) is 32.3 Å². The smallest absolute Gasteiger partial charge is 0.226 e. The molecule has 0 spiro atoms. The molecule has 0 unspecified atom stereocenters. The molecule has 0 aromatic heterocycles. The number of amides is 1. The molecule has 0 radical (unpaired) electrons. The average molecular weight is 388 g/mol. The Hall–Kier alpha value is -0.580. The second kappa shape index (κ2) is 8.32. The molecule has 0 atom stereocenters. The predicted molar refractivity (Wildman–Crippen MR) is 95.4 cm³/mol. The van der Waals surface area contributed by atoms with Crippen LogP contribution in [-0.4, -0.2) is 36.5 Å². The quantitative estimate of drug-likeness (QED) is 0.840. The van der Waals surface area contributed by atoms with Crippen molar-refractivity contribution in [2.24, 2.45) is 5.92 Å². The second-order valence-electron chi connectivity index (χ2n) is 6.31. The Kier molecular flexibility index (Phi) is 6.72. The molecule has 1 aliphatic carbocycles. The van der Waals surface area contributed by atoms with Gasteiger partial charge in [0.1, 0.15) is 0 Å². The number of hydrogen-bond donors (Lipinski definition) is 1. The zero-order valence-electron chi connectivity index (χ0n) is 12.8. The van der Waals surface area contributed by atoms with Crippen molar-refractivity contribution < 1.29 is 4.79 Å². The zero-order valence-corrected chi connectivity index (χ0v) is 15.2. The molecule has 2 aliphatic rings. The van der Waals surface area contributed by atoms with Gasteiger partial charge in [-0.05, 0) is 55.8 Å². The number of rotatable bonds is 5. The summed E-state index contributed by atoms with van der Waals surface area (Å²) in [4.78, 5) is 14.4. The molecule has 1 heterocycles. The Morgan fingerprint density at radius 1 is 1.14 bits per heavy atom. The zero-order chi connectivity index (χ0) is 14.7. The highest BCUT2D eigenvalue weighted by Crippen LogP contribution is 2.28. The third kappa shape index (κ3) is 5.25. The van der Waals surface area contributed by atoms with Crippen LogP contribution in [0.4, 0.5) is 0 Å². The highest BCUT2D eigenvalue weighted by Gasteiger charge is 2.25. The van der Waals surface area contributed by atoms with Crippen molar-refractivity contribution in [2.45, 2.75) is 38.1 Å². The SMILES string of the molecule is Cl.O=C(Cc1ccc(Br)cc1)N1CCC(NCC2CC2)CC1. The van der Waals surface area contributed by atoms with E-state index >= 15 is 0 Å². The van der Waals surface area contributed by atoms with Crippen molar-refractivity contribution in [3.8, 4) is 0 Å². The summed E-state index contributed by atoms with van der Waals surface area (Å²) in [6.07, 6.45) is 5.51. The van der Waals surface area contributed by atoms with Crippen molar-refractivity contribution in [1.82, 2.24) is 10.2 Å². The third-order valence-corrected chi connectivity index (χ3v) is 5.04. The molecule has 0 bridgehead atoms. The molecule has 1 aromatic rings. The molecule has 3 rings (SSSR count). The monoisotopic (exact) mass is 386 g/mol. The number of benzene rings is 1. The van der Waals surface area contributed by atoms with Crippen molar-refractivity contribution in [3.63, 3.8) is 0 Å². The van der Waals surface area contributed by atoms with Gasteiger partial charge in [-0.2, -0.15) is 0 Å². The van der Waals surface area contributed by atoms with E-state index in [0.717, 1.165) is 41.9 Å². The normalized spacial score (nSPS) is 18.9. The van der Waals surface area contributed by atoms with Crippen LogP contribution in [-0.2, 0) is 11.2 Å². The summed E-state index contributed by atoms with van der Waals surface area (Å²) >= 11 is 3.42. The van der Waals surface area contributed by atoms with Gasteiger partial charge in [0.2, 0.25) is 5.91 Å². The highest BCUT2D eigenvalue weighted by atomic mass is 79.9. The third-order valence-electron chi connectivity index (χ3n) is 4.51. The summed E-state index contributed by atoms with van der Waals surface area (Å²) in [7, 11) is 0. The molecule has 1 aliphatic heterocycles. The molecule has 1 N–H and O–H groups in total. The molecule has 122 valence electrons. The number of halogens is 2. The number of nitrogens with zero attached hydrogens (tertiary/aromatic N) is 1. The molecule has 3 nitrogen and oxygen atoms in total. The molecule has 1 amide bonds. The van der Waals surface area contributed by atoms with Crippen LogP contribution in [0.15, 0.2) is 28.7 Å². The van der Waals surface area contributed by atoms with Crippen LogP contribution in [0.3, 0.4) is 0 Å². The van der Waals surface area contributed by atoms with Crippen LogP contribution in [0.2, 0.25) is 0 Å². The number of hydrogen-bond acceptors (Lipinski definition) is 2. The lowest BCUT2D eigenvalue weighted by Crippen LogP contribution is -2.45. The molecule has 5 heteroatoms. The Morgan fingerprint density at radius 2 is 1.77 bits per heavy atom. The number of carbonyl (C=O) groups is 1. The van der Waals surface area contributed by atoms with Gasteiger partial charge in [-0.25, -0.2) is 0 Å². The summed E-state index contributed by atoms with van der Waals surface area (Å²) in [6.45, 7) is 2.98. The van der Waals surface area contributed by atoms with Gasteiger partial charge in [-0.3, -0.25) is 4.79 Å². The summed E-state index contributed by atoms with van der Waals surface area (Å²) in [5, 5.41) is 3.66. The minimum absolute atomic E-state index is 0. The van der Waals surface area contributed by atoms with Crippen molar-refractivity contribution in [1.29, 1.82) is 0 Å². The number of piperidine rings is 1. The maximum Gasteiger partial charge on any atom is 0.226 e. The van der Waals surface area contributed by atoms with Gasteiger partial charge >= 0.3 is 0 Å². The number of likely N-dealkylation sites (tertiary alicyclic amines) is 1. The molecule has 2 fully saturated rings. The Morgan fingerprint density at radius 3 is 2.36 bits per heavy atom. The van der Waals surface area contributed by atoms with Crippen LogP contribution in [0, 0.1) is 5.92 Å². The fourth-order valence-corrected chi connectivity index (χ4v) is 3.14. The van der Waals surface area contributed by atoms with E-state index in [0.29, 0.717) is 12.5 Å². The van der Waals surface area contributed by atoms with Gasteiger partial charge in [0, 0.05) is 23.6 Å². The van der Waals surface area contributed by atoms with Gasteiger partial charge in [0.25, 0.3) is 0 Å². The fraction of sp³-hybridized carbons (Fsp3) is 0.588. The molecule has 1 saturated heterocycles. The first-order chi connectivity index (χ1) is 10.2. The van der Waals surface area contributed by atoms with E-state index in [1.165, 1.54) is 19.4 Å². The van der Waals surface area contributed by atoms with Crippen molar-refractivity contribution in [3.05, 3.63) is 34.3 Å². The second-order valence-corrected chi connectivity index (χ2v) is 7.23. The van der Waals surface area contributed by atoms with Gasteiger partial charge in [0.05, 0.1) is 6.42 Å². The van der Waals surface area contributed by atoms with E-state index in [-0.39, 0.29) is 18.3 Å². The molecule has 1 saturated carbocycles. The van der Waals surface area contributed by atoms with Crippen LogP contribution in [0.5, 0.6) is 0 Å². The number of nitrogens with one attached hydrogen (secondary N) is 1. The first kappa shape index (κ1) is 17.8. The Bertz CT molecular complexity index is 482. The fourth-order valence-electron chi connectivity index (χ4n) is 2.88. The summed E-state index contributed by atoms with van der Waals surface area (Å²) in [5.41, 5.74) is 1.09. The predicted octanol–water partition coefficient (Wildman–Crippen LogP) is 3.40. The maximum atomic E-state index is 12.3. The highest BCUT2D eigenvalue weighted by molar-refractivity contribution is 9.10. The van der Waals surface area contributed by atoms with E-state index in [4.69, 9.17) is 0 Å². The van der Waals surface area contributed by atoms with Crippen LogP contribution in [0.1, 0.15) is 31.2 Å². The van der Waals surface area contributed by atoms with Crippen molar-refractivity contribution in [2.75, 3.05) is 19.6 Å². The van der Waals surface area contributed by atoms with E-state index < -0.39 is 0 Å². The van der Waals surface area contributed by atoms with Crippen LogP contribution in [0.25, 0.3) is 0 Å². The molecule has 22 heavy (non-hydrogen) atoms. The maximum absolute atomic E-state index is 12.3. The van der Waals surface area contributed by atoms with Gasteiger partial charge in [-0.1, -0.05) is 28.1 Å². The van der Waals surface area contributed by atoms with Crippen molar-refractivity contribution >= 4 is 34.2 Å². The molecular weight excluding hydrogens is 364 g/mol. The Balaban J connectivity index is 0.00000176. The minimum Gasteiger partial charge on any atom is -0.342 e. The lowest BCUT2D eigenvalue weighted by atomic mass is 10.0. The number of carbonyl (C=O) groups excluding carboxylic acids is 1. The summed E-state index contributed by atoms with van der Waals surface area (Å²) < 4.78 is 1.06. The van der Waals surface area contributed by atoms with Crippen LogP contribution >= 0.6 is 28.3 Å². The van der Waals surface area contributed by atoms with Gasteiger partial charge in [0.15, 0.2) is 0 Å². The van der Waals surface area contributed by atoms with E-state index in [1.807, 2.05) is 29.2 Å². The lowest BCUT2D eigenvalue weighted by Gasteiger charge is -2.32. The van der Waals surface area contributed by atoms with E-state index in [2.05, 4.69) is 21.2 Å². The first-order valence-electron chi connectivity index (χ1n) is 7.96. The van der Waals surface area contributed by atoms with Gasteiger partial charge < -0.3 is 10.2 Å². The standard InChI is InChI=1S/C17H23BrN2O.ClH/c18-15-5-3-13(4-6-15)11-17(21)20-9-7-16(8-10-20)19-12-14-1-2-14;/h3-6,14,16,19H,1-2,7-12H2;1H. The summed E-state index contributed by atoms with van der Waals surface area (Å²) in [6, 6.07) is 8.65. The van der Waals surface area contributed by atoms with E-state index in [1.54, 1.807) is 0 Å². The molecular formula is C17H24BrClN2O. The largest absolute Gasteiger partial charge is 0.342 e.